The van der Waals surface area contributed by atoms with E-state index in [0.717, 1.165) is 60.5 Å². The largest absolute Gasteiger partial charge is 0.508 e. The summed E-state index contributed by atoms with van der Waals surface area (Å²) in [6, 6.07) is 51.2. The van der Waals surface area contributed by atoms with Crippen molar-refractivity contribution in [1.82, 2.24) is 10.2 Å². The number of halogens is 1. The molecule has 0 fully saturated rings. The first-order chi connectivity index (χ1) is 29.0. The Balaban J connectivity index is 0.000000294. The number of phenolic OH excluding ortho intramolecular Hbond substituents is 1. The zero-order valence-electron chi connectivity index (χ0n) is 35.5. The summed E-state index contributed by atoms with van der Waals surface area (Å²) in [5.74, 6) is -1.13. The van der Waals surface area contributed by atoms with Crippen LogP contribution in [0.25, 0.3) is 0 Å². The minimum atomic E-state index is -0.988. The number of aromatic hydroxyl groups is 1. The van der Waals surface area contributed by atoms with Crippen LogP contribution in [0.1, 0.15) is 106 Å². The monoisotopic (exact) mass is 842 g/mol. The van der Waals surface area contributed by atoms with Gasteiger partial charge in [-0.25, -0.2) is 9.59 Å². The highest BCUT2D eigenvalue weighted by molar-refractivity contribution is 5.88. The zero-order chi connectivity index (χ0) is 42.9. The van der Waals surface area contributed by atoms with Crippen LogP contribution in [0, 0.1) is 0 Å². The Hall–Kier alpha value is -5.93. The van der Waals surface area contributed by atoms with E-state index in [2.05, 4.69) is 74.3 Å². The van der Waals surface area contributed by atoms with E-state index >= 15 is 0 Å². The second-order valence-corrected chi connectivity index (χ2v) is 15.6. The average Bonchev–Trinajstić information content (AvgIpc) is 3.26. The number of rotatable bonds is 19. The van der Waals surface area contributed by atoms with Crippen LogP contribution < -0.4 is 10.1 Å². The van der Waals surface area contributed by atoms with Gasteiger partial charge in [-0.1, -0.05) is 135 Å². The molecule has 8 nitrogen and oxygen atoms in total. The molecule has 0 aromatic heterocycles. The molecule has 6 aromatic carbocycles. The van der Waals surface area contributed by atoms with Gasteiger partial charge in [-0.05, 0) is 98.4 Å². The SMILES string of the molecule is CC(C)N(CCC(c1ccccc1)c1cc(C(=O)O)ccc1OCc1ccccc1)Cc1ccccc1.CC(C)NCCC(c1ccccc1)c1cc(C(=O)O)ccc1O.Cl. The average molecular weight is 844 g/mol. The van der Waals surface area contributed by atoms with Gasteiger partial charge >= 0.3 is 11.9 Å². The summed E-state index contributed by atoms with van der Waals surface area (Å²) in [6.07, 6.45) is 1.61. The Labute approximate surface area is 367 Å². The lowest BCUT2D eigenvalue weighted by Gasteiger charge is -2.29. The summed E-state index contributed by atoms with van der Waals surface area (Å²) in [7, 11) is 0. The topological polar surface area (TPSA) is 119 Å². The number of benzene rings is 6. The number of nitrogens with zero attached hydrogens (tertiary/aromatic N) is 1. The van der Waals surface area contributed by atoms with Gasteiger partial charge in [-0.2, -0.15) is 0 Å². The number of phenols is 1. The predicted octanol–water partition coefficient (Wildman–Crippen LogP) is 11.4. The van der Waals surface area contributed by atoms with Gasteiger partial charge in [0.2, 0.25) is 0 Å². The molecule has 2 atom stereocenters. The summed E-state index contributed by atoms with van der Waals surface area (Å²) >= 11 is 0. The quantitative estimate of drug-likeness (QED) is 0.0636. The lowest BCUT2D eigenvalue weighted by Crippen LogP contribution is -2.32. The number of carboxylic acid groups (broad SMARTS) is 2. The molecule has 0 bridgehead atoms. The van der Waals surface area contributed by atoms with Crippen LogP contribution in [0.15, 0.2) is 158 Å². The normalized spacial score (nSPS) is 11.9. The van der Waals surface area contributed by atoms with Crippen LogP contribution in [-0.2, 0) is 13.2 Å². The molecule has 0 aliphatic rings. The van der Waals surface area contributed by atoms with Crippen molar-refractivity contribution < 1.29 is 29.6 Å². The summed E-state index contributed by atoms with van der Waals surface area (Å²) in [5, 5.41) is 32.6. The van der Waals surface area contributed by atoms with E-state index in [0.29, 0.717) is 24.3 Å². The number of hydrogen-bond donors (Lipinski definition) is 4. The van der Waals surface area contributed by atoms with Gasteiger partial charge in [0.05, 0.1) is 11.1 Å². The number of aromatic carboxylic acids is 2. The smallest absolute Gasteiger partial charge is 0.335 e. The Bertz CT molecular complexity index is 2220. The Morgan fingerprint density at radius 2 is 1.08 bits per heavy atom. The molecule has 61 heavy (non-hydrogen) atoms. The highest BCUT2D eigenvalue weighted by atomic mass is 35.5. The fraction of sp³-hybridized carbons (Fsp3) is 0.269. The Morgan fingerprint density at radius 1 is 0.607 bits per heavy atom. The van der Waals surface area contributed by atoms with Crippen molar-refractivity contribution in [2.24, 2.45) is 0 Å². The van der Waals surface area contributed by atoms with Crippen LogP contribution in [0.3, 0.4) is 0 Å². The van der Waals surface area contributed by atoms with E-state index in [9.17, 15) is 24.9 Å². The van der Waals surface area contributed by atoms with Gasteiger partial charge in [0.15, 0.2) is 0 Å². The Morgan fingerprint density at radius 3 is 1.59 bits per heavy atom. The second kappa shape index (κ2) is 24.4. The van der Waals surface area contributed by atoms with Crippen molar-refractivity contribution in [1.29, 1.82) is 0 Å². The summed E-state index contributed by atoms with van der Waals surface area (Å²) in [5.41, 5.74) is 6.60. The summed E-state index contributed by atoms with van der Waals surface area (Å²) < 4.78 is 6.30. The van der Waals surface area contributed by atoms with Crippen molar-refractivity contribution in [2.75, 3.05) is 13.1 Å². The van der Waals surface area contributed by atoms with Crippen LogP contribution in [0.4, 0.5) is 0 Å². The van der Waals surface area contributed by atoms with Gasteiger partial charge < -0.3 is 25.4 Å². The van der Waals surface area contributed by atoms with Gasteiger partial charge in [0, 0.05) is 41.6 Å². The number of carbonyl (C=O) groups is 2. The highest BCUT2D eigenvalue weighted by Gasteiger charge is 2.23. The molecular weight excluding hydrogens is 784 g/mol. The van der Waals surface area contributed by atoms with Crippen molar-refractivity contribution in [3.05, 3.63) is 202 Å². The molecule has 0 amide bonds. The van der Waals surface area contributed by atoms with E-state index in [-0.39, 0.29) is 41.1 Å². The van der Waals surface area contributed by atoms with Crippen LogP contribution in [0.2, 0.25) is 0 Å². The third-order valence-electron chi connectivity index (χ3n) is 10.6. The third kappa shape index (κ3) is 14.6. The molecule has 0 heterocycles. The molecule has 6 aromatic rings. The van der Waals surface area contributed by atoms with E-state index < -0.39 is 11.9 Å². The van der Waals surface area contributed by atoms with Crippen molar-refractivity contribution in [3.8, 4) is 11.5 Å². The van der Waals surface area contributed by atoms with Crippen molar-refractivity contribution in [2.45, 2.75) is 77.6 Å². The molecule has 0 saturated carbocycles. The molecule has 320 valence electrons. The maximum absolute atomic E-state index is 11.9. The number of nitrogens with one attached hydrogen (secondary N) is 1. The first kappa shape index (κ1) is 47.7. The van der Waals surface area contributed by atoms with Crippen LogP contribution >= 0.6 is 12.4 Å². The fourth-order valence-electron chi connectivity index (χ4n) is 7.31. The van der Waals surface area contributed by atoms with Gasteiger partial charge in [0.1, 0.15) is 18.1 Å². The fourth-order valence-corrected chi connectivity index (χ4v) is 7.31. The number of hydrogen-bond acceptors (Lipinski definition) is 6. The summed E-state index contributed by atoms with van der Waals surface area (Å²) in [6.45, 7) is 11.6. The number of ether oxygens (including phenoxy) is 1. The Kier molecular flexibility index (Phi) is 19.1. The van der Waals surface area contributed by atoms with E-state index in [4.69, 9.17) is 4.74 Å². The molecule has 6 rings (SSSR count). The molecule has 9 heteroatoms. The molecule has 2 unspecified atom stereocenters. The predicted molar refractivity (Wildman–Crippen MR) is 247 cm³/mol. The molecule has 0 spiro atoms. The van der Waals surface area contributed by atoms with Gasteiger partial charge in [0.25, 0.3) is 0 Å². The van der Waals surface area contributed by atoms with E-state index in [1.165, 1.54) is 17.7 Å². The van der Waals surface area contributed by atoms with E-state index in [1.54, 1.807) is 18.2 Å². The molecule has 0 aliphatic carbocycles. The molecule has 0 aliphatic heterocycles. The zero-order valence-corrected chi connectivity index (χ0v) is 36.3. The lowest BCUT2D eigenvalue weighted by atomic mass is 9.86. The highest BCUT2D eigenvalue weighted by Crippen LogP contribution is 2.37. The lowest BCUT2D eigenvalue weighted by molar-refractivity contribution is 0.0686. The minimum Gasteiger partial charge on any atom is -0.508 e. The minimum absolute atomic E-state index is 0. The first-order valence-electron chi connectivity index (χ1n) is 20.7. The summed E-state index contributed by atoms with van der Waals surface area (Å²) in [4.78, 5) is 25.6. The standard InChI is InChI=1S/C33H35NO3.C19H23NO3.ClH/c1-25(2)34(23-26-12-6-3-7-13-26)21-20-30(28-16-10-5-11-17-28)31-22-29(33(35)36)18-19-32(31)37-24-27-14-8-4-9-15-27;1-13(2)20-11-10-16(14-6-4-3-5-7-14)17-12-15(19(22)23)8-9-18(17)21;/h3-19,22,25,30H,20-21,23-24H2,1-2H3,(H,35,36);3-9,12-13,16,20-21H,10-11H2,1-2H3,(H,22,23);1H. The number of carboxylic acids is 2. The molecule has 0 saturated heterocycles. The van der Waals surface area contributed by atoms with Crippen LogP contribution in [-0.4, -0.2) is 57.3 Å². The van der Waals surface area contributed by atoms with Crippen LogP contribution in [0.5, 0.6) is 11.5 Å². The van der Waals surface area contributed by atoms with Crippen molar-refractivity contribution >= 4 is 24.3 Å². The molecule has 4 N–H and O–H groups in total. The van der Waals surface area contributed by atoms with Crippen molar-refractivity contribution in [3.63, 3.8) is 0 Å². The molecular formula is C52H59ClN2O6. The maximum atomic E-state index is 11.9. The third-order valence-corrected chi connectivity index (χ3v) is 10.6. The second-order valence-electron chi connectivity index (χ2n) is 15.6. The van der Waals surface area contributed by atoms with Gasteiger partial charge in [-0.15, -0.1) is 12.4 Å². The maximum Gasteiger partial charge on any atom is 0.335 e. The van der Waals surface area contributed by atoms with E-state index in [1.807, 2.05) is 91.0 Å². The molecule has 0 radical (unpaired) electrons. The van der Waals surface area contributed by atoms with Gasteiger partial charge in [-0.3, -0.25) is 4.90 Å². The first-order valence-corrected chi connectivity index (χ1v) is 20.7.